The Kier molecular flexibility index (Phi) is 4.15. The van der Waals surface area contributed by atoms with E-state index in [1.807, 2.05) is 0 Å². The van der Waals surface area contributed by atoms with Crippen molar-refractivity contribution in [2.24, 2.45) is 5.73 Å². The maximum atomic E-state index is 11.6. The smallest absolute Gasteiger partial charge is 0.341 e. The Morgan fingerprint density at radius 2 is 1.81 bits per heavy atom. The van der Waals surface area contributed by atoms with E-state index in [9.17, 15) is 9.59 Å². The Labute approximate surface area is 102 Å². The van der Waals surface area contributed by atoms with Crippen molar-refractivity contribution in [3.8, 4) is 0 Å². The molecule has 2 N–H and O–H groups in total. The van der Waals surface area contributed by atoms with E-state index in [4.69, 9.17) is 33.7 Å². The number of carbonyl (C=O) groups is 2. The van der Waals surface area contributed by atoms with E-state index in [2.05, 4.69) is 0 Å². The third-order valence-electron chi connectivity index (χ3n) is 1.85. The second-order valence-corrected chi connectivity index (χ2v) is 3.86. The van der Waals surface area contributed by atoms with Crippen molar-refractivity contribution in [3.63, 3.8) is 0 Å². The Morgan fingerprint density at radius 1 is 1.31 bits per heavy atom. The molecule has 0 heterocycles. The molecule has 1 aromatic carbocycles. The standard InChI is InChI=1S/C10H9Cl2NO3/c1-5(9(13)14)16-10(15)8-6(11)3-2-4-7(8)12/h2-5H,1H3,(H2,13,14)/t5-/m0/s1. The molecule has 0 aliphatic rings. The van der Waals surface area contributed by atoms with Gasteiger partial charge in [0.15, 0.2) is 6.10 Å². The SMILES string of the molecule is C[C@H](OC(=O)c1c(Cl)cccc1Cl)C(N)=O. The number of esters is 1. The predicted molar refractivity (Wildman–Crippen MR) is 60.5 cm³/mol. The fraction of sp³-hybridized carbons (Fsp3) is 0.200. The monoisotopic (exact) mass is 261 g/mol. The van der Waals surface area contributed by atoms with Crippen LogP contribution in [0, 0.1) is 0 Å². The van der Waals surface area contributed by atoms with Gasteiger partial charge in [0.05, 0.1) is 15.6 Å². The van der Waals surface area contributed by atoms with Crippen molar-refractivity contribution in [3.05, 3.63) is 33.8 Å². The summed E-state index contributed by atoms with van der Waals surface area (Å²) < 4.78 is 4.78. The van der Waals surface area contributed by atoms with Gasteiger partial charge in [-0.2, -0.15) is 0 Å². The van der Waals surface area contributed by atoms with Gasteiger partial charge in [0, 0.05) is 0 Å². The zero-order valence-corrected chi connectivity index (χ0v) is 9.88. The number of hydrogen-bond acceptors (Lipinski definition) is 3. The minimum Gasteiger partial charge on any atom is -0.449 e. The van der Waals surface area contributed by atoms with Gasteiger partial charge in [0.2, 0.25) is 0 Å². The second-order valence-electron chi connectivity index (χ2n) is 3.05. The maximum absolute atomic E-state index is 11.6. The topological polar surface area (TPSA) is 69.4 Å². The highest BCUT2D eigenvalue weighted by molar-refractivity contribution is 6.39. The summed E-state index contributed by atoms with van der Waals surface area (Å²) in [5.74, 6) is -1.52. The summed E-state index contributed by atoms with van der Waals surface area (Å²) >= 11 is 11.6. The van der Waals surface area contributed by atoms with Crippen LogP contribution in [0.5, 0.6) is 0 Å². The molecule has 86 valence electrons. The molecule has 6 heteroatoms. The number of hydrogen-bond donors (Lipinski definition) is 1. The molecule has 4 nitrogen and oxygen atoms in total. The fourth-order valence-electron chi connectivity index (χ4n) is 0.970. The van der Waals surface area contributed by atoms with Crippen LogP contribution < -0.4 is 5.73 Å². The first-order valence-corrected chi connectivity index (χ1v) is 5.13. The molecular formula is C10H9Cl2NO3. The van der Waals surface area contributed by atoms with Crippen LogP contribution in [0.15, 0.2) is 18.2 Å². The van der Waals surface area contributed by atoms with Gasteiger partial charge in [0.25, 0.3) is 5.91 Å². The van der Waals surface area contributed by atoms with E-state index in [1.54, 1.807) is 6.07 Å². The van der Waals surface area contributed by atoms with Crippen LogP contribution in [0.4, 0.5) is 0 Å². The minimum absolute atomic E-state index is 0.0268. The third kappa shape index (κ3) is 2.87. The van der Waals surface area contributed by atoms with Gasteiger partial charge < -0.3 is 10.5 Å². The molecule has 0 bridgehead atoms. The summed E-state index contributed by atoms with van der Waals surface area (Å²) in [6, 6.07) is 4.59. The molecule has 0 saturated heterocycles. The lowest BCUT2D eigenvalue weighted by Crippen LogP contribution is -2.30. The van der Waals surface area contributed by atoms with Crippen LogP contribution in [-0.4, -0.2) is 18.0 Å². The maximum Gasteiger partial charge on any atom is 0.341 e. The molecule has 0 radical (unpaired) electrons. The Bertz CT molecular complexity index is 414. The average Bonchev–Trinajstić information content (AvgIpc) is 2.16. The molecule has 1 aromatic rings. The summed E-state index contributed by atoms with van der Waals surface area (Å²) in [4.78, 5) is 22.3. The molecule has 1 rings (SSSR count). The van der Waals surface area contributed by atoms with E-state index in [1.165, 1.54) is 19.1 Å². The van der Waals surface area contributed by atoms with Crippen molar-refractivity contribution < 1.29 is 14.3 Å². The van der Waals surface area contributed by atoms with Crippen LogP contribution in [0.25, 0.3) is 0 Å². The number of ether oxygens (including phenoxy) is 1. The summed E-state index contributed by atoms with van der Waals surface area (Å²) in [5, 5.41) is 0.323. The van der Waals surface area contributed by atoms with Crippen LogP contribution in [-0.2, 0) is 9.53 Å². The quantitative estimate of drug-likeness (QED) is 0.847. The molecule has 0 aromatic heterocycles. The number of amides is 1. The first kappa shape index (κ1) is 12.8. The van der Waals surface area contributed by atoms with Gasteiger partial charge in [-0.05, 0) is 19.1 Å². The number of rotatable bonds is 3. The highest BCUT2D eigenvalue weighted by atomic mass is 35.5. The van der Waals surface area contributed by atoms with Gasteiger partial charge in [-0.25, -0.2) is 4.79 Å². The van der Waals surface area contributed by atoms with Gasteiger partial charge >= 0.3 is 5.97 Å². The first-order chi connectivity index (χ1) is 7.43. The molecule has 1 amide bonds. The molecule has 0 spiro atoms. The van der Waals surface area contributed by atoms with E-state index < -0.39 is 18.0 Å². The van der Waals surface area contributed by atoms with Gasteiger partial charge in [-0.15, -0.1) is 0 Å². The van der Waals surface area contributed by atoms with Crippen LogP contribution >= 0.6 is 23.2 Å². The normalized spacial score (nSPS) is 11.9. The highest BCUT2D eigenvalue weighted by Gasteiger charge is 2.20. The Balaban J connectivity index is 2.93. The summed E-state index contributed by atoms with van der Waals surface area (Å²) in [6.45, 7) is 1.37. The minimum atomic E-state index is -1.03. The van der Waals surface area contributed by atoms with Crippen molar-refractivity contribution in [2.45, 2.75) is 13.0 Å². The van der Waals surface area contributed by atoms with Gasteiger partial charge in [0.1, 0.15) is 0 Å². The van der Waals surface area contributed by atoms with E-state index >= 15 is 0 Å². The molecular weight excluding hydrogens is 253 g/mol. The lowest BCUT2D eigenvalue weighted by Gasteiger charge is -2.11. The lowest BCUT2D eigenvalue weighted by atomic mass is 10.2. The molecule has 0 saturated carbocycles. The number of benzene rings is 1. The number of primary amides is 1. The Hall–Kier alpha value is -1.26. The number of carbonyl (C=O) groups excluding carboxylic acids is 2. The zero-order chi connectivity index (χ0) is 12.3. The average molecular weight is 262 g/mol. The first-order valence-electron chi connectivity index (χ1n) is 4.37. The van der Waals surface area contributed by atoms with Crippen molar-refractivity contribution in [1.29, 1.82) is 0 Å². The van der Waals surface area contributed by atoms with Crippen LogP contribution in [0.1, 0.15) is 17.3 Å². The predicted octanol–water partition coefficient (Wildman–Crippen LogP) is 2.02. The largest absolute Gasteiger partial charge is 0.449 e. The molecule has 1 atom stereocenters. The summed E-state index contributed by atoms with van der Waals surface area (Å²) in [6.07, 6.45) is -1.03. The number of halogens is 2. The third-order valence-corrected chi connectivity index (χ3v) is 2.48. The molecule has 0 aliphatic carbocycles. The molecule has 0 fully saturated rings. The second kappa shape index (κ2) is 5.18. The van der Waals surface area contributed by atoms with Crippen LogP contribution in [0.2, 0.25) is 10.0 Å². The van der Waals surface area contributed by atoms with Crippen LogP contribution in [0.3, 0.4) is 0 Å². The van der Waals surface area contributed by atoms with E-state index in [-0.39, 0.29) is 15.6 Å². The molecule has 16 heavy (non-hydrogen) atoms. The Morgan fingerprint density at radius 3 is 2.25 bits per heavy atom. The van der Waals surface area contributed by atoms with Gasteiger partial charge in [-0.3, -0.25) is 4.79 Å². The van der Waals surface area contributed by atoms with Crippen molar-refractivity contribution in [2.75, 3.05) is 0 Å². The molecule has 0 aliphatic heterocycles. The highest BCUT2D eigenvalue weighted by Crippen LogP contribution is 2.25. The summed E-state index contributed by atoms with van der Waals surface area (Å²) in [5.41, 5.74) is 4.98. The zero-order valence-electron chi connectivity index (χ0n) is 8.37. The number of nitrogens with two attached hydrogens (primary N) is 1. The van der Waals surface area contributed by atoms with E-state index in [0.717, 1.165) is 0 Å². The van der Waals surface area contributed by atoms with E-state index in [0.29, 0.717) is 0 Å². The lowest BCUT2D eigenvalue weighted by molar-refractivity contribution is -0.125. The van der Waals surface area contributed by atoms with Gasteiger partial charge in [-0.1, -0.05) is 29.3 Å². The fourth-order valence-corrected chi connectivity index (χ4v) is 1.52. The summed E-state index contributed by atoms with van der Waals surface area (Å²) in [7, 11) is 0. The van der Waals surface area contributed by atoms with Crippen molar-refractivity contribution >= 4 is 35.1 Å². The molecule has 0 unspecified atom stereocenters. The van der Waals surface area contributed by atoms with Crippen molar-refractivity contribution in [1.82, 2.24) is 0 Å².